The molecule has 2 N–H and O–H groups in total. The zero-order valence-electron chi connectivity index (χ0n) is 8.95. The first-order valence-electron chi connectivity index (χ1n) is 5.17. The SMILES string of the molecule is CNC(CO)CN1CC(C)C(C)C1. The molecule has 3 nitrogen and oxygen atoms in total. The average molecular weight is 186 g/mol. The largest absolute Gasteiger partial charge is 0.395 e. The fraction of sp³-hybridized carbons (Fsp3) is 1.00. The number of hydrogen-bond acceptors (Lipinski definition) is 3. The second-order valence-corrected chi connectivity index (χ2v) is 4.34. The molecule has 1 heterocycles. The summed E-state index contributed by atoms with van der Waals surface area (Å²) in [5.41, 5.74) is 0. The Balaban J connectivity index is 2.30. The summed E-state index contributed by atoms with van der Waals surface area (Å²) >= 11 is 0. The first-order chi connectivity index (χ1) is 6.17. The first-order valence-corrected chi connectivity index (χ1v) is 5.17. The summed E-state index contributed by atoms with van der Waals surface area (Å²) in [5, 5.41) is 12.1. The van der Waals surface area contributed by atoms with Crippen LogP contribution in [-0.2, 0) is 0 Å². The van der Waals surface area contributed by atoms with Crippen molar-refractivity contribution in [3.8, 4) is 0 Å². The molecule has 3 heteroatoms. The van der Waals surface area contributed by atoms with E-state index in [1.165, 1.54) is 13.1 Å². The van der Waals surface area contributed by atoms with Gasteiger partial charge in [0.25, 0.3) is 0 Å². The molecular weight excluding hydrogens is 164 g/mol. The van der Waals surface area contributed by atoms with Crippen LogP contribution in [0, 0.1) is 11.8 Å². The third-order valence-electron chi connectivity index (χ3n) is 3.17. The molecule has 0 saturated carbocycles. The van der Waals surface area contributed by atoms with Gasteiger partial charge in [-0.05, 0) is 18.9 Å². The van der Waals surface area contributed by atoms with Gasteiger partial charge in [0.2, 0.25) is 0 Å². The van der Waals surface area contributed by atoms with Gasteiger partial charge >= 0.3 is 0 Å². The van der Waals surface area contributed by atoms with Gasteiger partial charge in [0.1, 0.15) is 0 Å². The van der Waals surface area contributed by atoms with E-state index in [4.69, 9.17) is 5.11 Å². The van der Waals surface area contributed by atoms with E-state index in [1.54, 1.807) is 0 Å². The van der Waals surface area contributed by atoms with Gasteiger partial charge in [-0.2, -0.15) is 0 Å². The molecule has 78 valence electrons. The highest BCUT2D eigenvalue weighted by Gasteiger charge is 2.26. The zero-order chi connectivity index (χ0) is 9.84. The van der Waals surface area contributed by atoms with E-state index in [1.807, 2.05) is 7.05 Å². The smallest absolute Gasteiger partial charge is 0.0597 e. The van der Waals surface area contributed by atoms with Crippen LogP contribution in [0.25, 0.3) is 0 Å². The molecule has 3 atom stereocenters. The van der Waals surface area contributed by atoms with Gasteiger partial charge in [0, 0.05) is 25.7 Å². The molecule has 1 saturated heterocycles. The quantitative estimate of drug-likeness (QED) is 0.656. The van der Waals surface area contributed by atoms with Crippen LogP contribution in [0.4, 0.5) is 0 Å². The van der Waals surface area contributed by atoms with Gasteiger partial charge in [-0.15, -0.1) is 0 Å². The summed E-state index contributed by atoms with van der Waals surface area (Å²) in [5.74, 6) is 1.60. The number of nitrogens with one attached hydrogen (secondary N) is 1. The van der Waals surface area contributed by atoms with Crippen molar-refractivity contribution in [1.29, 1.82) is 0 Å². The van der Waals surface area contributed by atoms with Crippen molar-refractivity contribution >= 4 is 0 Å². The highest BCUT2D eigenvalue weighted by atomic mass is 16.3. The summed E-state index contributed by atoms with van der Waals surface area (Å²) in [6, 6.07) is 0.234. The maximum Gasteiger partial charge on any atom is 0.0597 e. The van der Waals surface area contributed by atoms with Crippen LogP contribution in [-0.4, -0.2) is 49.3 Å². The highest BCUT2D eigenvalue weighted by Crippen LogP contribution is 2.21. The van der Waals surface area contributed by atoms with E-state index < -0.39 is 0 Å². The third kappa shape index (κ3) is 2.93. The van der Waals surface area contributed by atoms with Crippen LogP contribution in [0.1, 0.15) is 13.8 Å². The van der Waals surface area contributed by atoms with E-state index >= 15 is 0 Å². The lowest BCUT2D eigenvalue weighted by atomic mass is 10.0. The van der Waals surface area contributed by atoms with Crippen molar-refractivity contribution in [3.05, 3.63) is 0 Å². The zero-order valence-corrected chi connectivity index (χ0v) is 8.95. The van der Waals surface area contributed by atoms with Crippen LogP contribution in [0.15, 0.2) is 0 Å². The molecule has 0 amide bonds. The summed E-state index contributed by atoms with van der Waals surface area (Å²) in [6.45, 7) is 8.17. The monoisotopic (exact) mass is 186 g/mol. The summed E-state index contributed by atoms with van der Waals surface area (Å²) < 4.78 is 0. The van der Waals surface area contributed by atoms with Crippen molar-refractivity contribution in [1.82, 2.24) is 10.2 Å². The maximum atomic E-state index is 9.03. The topological polar surface area (TPSA) is 35.5 Å². The summed E-state index contributed by atoms with van der Waals surface area (Å²) in [4.78, 5) is 2.44. The molecule has 13 heavy (non-hydrogen) atoms. The van der Waals surface area contributed by atoms with Crippen molar-refractivity contribution < 1.29 is 5.11 Å². The second kappa shape index (κ2) is 4.94. The minimum absolute atomic E-state index is 0.232. The predicted molar refractivity (Wildman–Crippen MR) is 54.7 cm³/mol. The van der Waals surface area contributed by atoms with Crippen LogP contribution >= 0.6 is 0 Å². The fourth-order valence-electron chi connectivity index (χ4n) is 1.95. The summed E-state index contributed by atoms with van der Waals surface area (Å²) in [6.07, 6.45) is 0. The Bertz CT molecular complexity index is 138. The molecule has 3 unspecified atom stereocenters. The number of aliphatic hydroxyl groups is 1. The maximum absolute atomic E-state index is 9.03. The predicted octanol–water partition coefficient (Wildman–Crippen LogP) is 0.154. The van der Waals surface area contributed by atoms with Crippen LogP contribution in [0.5, 0.6) is 0 Å². The second-order valence-electron chi connectivity index (χ2n) is 4.34. The number of aliphatic hydroxyl groups excluding tert-OH is 1. The van der Waals surface area contributed by atoms with Gasteiger partial charge in [-0.3, -0.25) is 0 Å². The van der Waals surface area contributed by atoms with E-state index in [9.17, 15) is 0 Å². The van der Waals surface area contributed by atoms with Gasteiger partial charge in [0.05, 0.1) is 6.61 Å². The normalized spacial score (nSPS) is 32.3. The fourth-order valence-corrected chi connectivity index (χ4v) is 1.95. The molecule has 1 fully saturated rings. The molecule has 0 aromatic heterocycles. The minimum atomic E-state index is 0.232. The number of nitrogens with zero attached hydrogens (tertiary/aromatic N) is 1. The Morgan fingerprint density at radius 2 is 1.92 bits per heavy atom. The van der Waals surface area contributed by atoms with E-state index in [2.05, 4.69) is 24.1 Å². The van der Waals surface area contributed by atoms with Crippen molar-refractivity contribution in [3.63, 3.8) is 0 Å². The highest BCUT2D eigenvalue weighted by molar-refractivity contribution is 4.81. The van der Waals surface area contributed by atoms with Gasteiger partial charge in [-0.1, -0.05) is 13.8 Å². The van der Waals surface area contributed by atoms with Crippen LogP contribution in [0.2, 0.25) is 0 Å². The molecule has 1 aliphatic heterocycles. The van der Waals surface area contributed by atoms with Crippen molar-refractivity contribution in [2.24, 2.45) is 11.8 Å². The van der Waals surface area contributed by atoms with Crippen LogP contribution < -0.4 is 5.32 Å². The Morgan fingerprint density at radius 3 is 2.31 bits per heavy atom. The molecule has 0 radical (unpaired) electrons. The first kappa shape index (κ1) is 11.0. The Kier molecular flexibility index (Phi) is 4.16. The molecule has 0 aromatic carbocycles. The van der Waals surface area contributed by atoms with Crippen molar-refractivity contribution in [2.75, 3.05) is 33.3 Å². The molecule has 1 aliphatic rings. The molecule has 1 rings (SSSR count). The number of likely N-dealkylation sites (N-methyl/N-ethyl adjacent to an activating group) is 1. The minimum Gasteiger partial charge on any atom is -0.395 e. The number of hydrogen-bond donors (Lipinski definition) is 2. The average Bonchev–Trinajstić information content (AvgIpc) is 2.42. The van der Waals surface area contributed by atoms with Gasteiger partial charge in [-0.25, -0.2) is 0 Å². The van der Waals surface area contributed by atoms with Crippen LogP contribution in [0.3, 0.4) is 0 Å². The van der Waals surface area contributed by atoms with Gasteiger partial charge < -0.3 is 15.3 Å². The lowest BCUT2D eigenvalue weighted by Gasteiger charge is -2.21. The van der Waals surface area contributed by atoms with Crippen molar-refractivity contribution in [2.45, 2.75) is 19.9 Å². The Hall–Kier alpha value is -0.120. The lowest BCUT2D eigenvalue weighted by molar-refractivity contribution is 0.201. The summed E-state index contributed by atoms with van der Waals surface area (Å²) in [7, 11) is 1.91. The van der Waals surface area contributed by atoms with E-state index in [0.29, 0.717) is 0 Å². The lowest BCUT2D eigenvalue weighted by Crippen LogP contribution is -2.41. The number of rotatable bonds is 4. The standard InChI is InChI=1S/C10H22N2O/c1-8-4-12(5-9(8)2)6-10(7-13)11-3/h8-11,13H,4-7H2,1-3H3. The Morgan fingerprint density at radius 1 is 1.38 bits per heavy atom. The molecule has 0 spiro atoms. The third-order valence-corrected chi connectivity index (χ3v) is 3.17. The number of likely N-dealkylation sites (tertiary alicyclic amines) is 1. The molecular formula is C10H22N2O. The van der Waals surface area contributed by atoms with Gasteiger partial charge in [0.15, 0.2) is 0 Å². The molecule has 0 aliphatic carbocycles. The Labute approximate surface area is 81.1 Å². The molecule has 0 aromatic rings. The van der Waals surface area contributed by atoms with E-state index in [0.717, 1.165) is 18.4 Å². The molecule has 0 bridgehead atoms. The van der Waals surface area contributed by atoms with E-state index in [-0.39, 0.29) is 12.6 Å².